The topological polar surface area (TPSA) is 24.1 Å². The molecule has 2 N–H and O–H groups in total. The molecule has 5 rings (SSSR count). The maximum absolute atomic E-state index is 3.83. The van der Waals surface area contributed by atoms with Crippen molar-refractivity contribution in [2.24, 2.45) is 0 Å². The molecule has 1 unspecified atom stereocenters. The molecule has 4 heteroatoms. The van der Waals surface area contributed by atoms with Crippen LogP contribution in [-0.4, -0.2) is 15.1 Å². The first kappa shape index (κ1) is 21.8. The molecule has 166 valence electrons. The van der Waals surface area contributed by atoms with E-state index < -0.39 is 8.07 Å². The van der Waals surface area contributed by atoms with Gasteiger partial charge in [0.1, 0.15) is 0 Å². The molecular weight excluding hydrogens is 415 g/mol. The molecule has 33 heavy (non-hydrogen) atoms. The second kappa shape index (κ2) is 9.48. The van der Waals surface area contributed by atoms with Crippen LogP contribution in [0.1, 0.15) is 18.4 Å². The Balaban J connectivity index is 1.37. The average molecular weight is 448 g/mol. The fourth-order valence-electron chi connectivity index (χ4n) is 5.47. The predicted molar refractivity (Wildman–Crippen MR) is 148 cm³/mol. The van der Waals surface area contributed by atoms with E-state index in [-0.39, 0.29) is 6.98 Å². The summed E-state index contributed by atoms with van der Waals surface area (Å²) in [4.78, 5) is 0. The minimum absolute atomic E-state index is 0.253. The highest BCUT2D eigenvalue weighted by molar-refractivity contribution is 6.92. The normalized spacial score (nSPS) is 13.9. The SMILES string of the molecule is C[Si](C)(c1ccccc1)C(CCCc1ccccc1)CB1Nc2cccc3cccc(c23)N1. The van der Waals surface area contributed by atoms with Crippen LogP contribution in [0.5, 0.6) is 0 Å². The molecule has 0 saturated carbocycles. The van der Waals surface area contributed by atoms with Crippen molar-refractivity contribution < 1.29 is 0 Å². The Bertz CT molecular complexity index is 1170. The van der Waals surface area contributed by atoms with Crippen molar-refractivity contribution in [2.75, 3.05) is 10.5 Å². The molecule has 0 saturated heterocycles. The molecule has 0 amide bonds. The number of benzene rings is 4. The van der Waals surface area contributed by atoms with Gasteiger partial charge in [0.25, 0.3) is 0 Å². The lowest BCUT2D eigenvalue weighted by atomic mass is 9.68. The van der Waals surface area contributed by atoms with Crippen molar-refractivity contribution in [3.8, 4) is 0 Å². The van der Waals surface area contributed by atoms with E-state index in [4.69, 9.17) is 0 Å². The molecule has 1 heterocycles. The van der Waals surface area contributed by atoms with Gasteiger partial charge >= 0.3 is 6.98 Å². The molecule has 4 aromatic carbocycles. The van der Waals surface area contributed by atoms with Gasteiger partial charge in [-0.15, -0.1) is 0 Å². The van der Waals surface area contributed by atoms with Gasteiger partial charge < -0.3 is 10.5 Å². The number of aryl methyl sites for hydroxylation is 1. The zero-order valence-corrected chi connectivity index (χ0v) is 20.7. The Hall–Kier alpha value is -2.98. The molecule has 4 aromatic rings. The zero-order valence-electron chi connectivity index (χ0n) is 19.7. The van der Waals surface area contributed by atoms with Gasteiger partial charge in [-0.2, -0.15) is 0 Å². The largest absolute Gasteiger partial charge is 0.409 e. The summed E-state index contributed by atoms with van der Waals surface area (Å²) in [5.41, 5.74) is 4.64. The van der Waals surface area contributed by atoms with Crippen molar-refractivity contribution in [3.63, 3.8) is 0 Å². The fraction of sp³-hybridized carbons (Fsp3) is 0.241. The molecule has 0 radical (unpaired) electrons. The van der Waals surface area contributed by atoms with E-state index in [1.54, 1.807) is 5.19 Å². The van der Waals surface area contributed by atoms with Gasteiger partial charge in [-0.3, -0.25) is 0 Å². The summed E-state index contributed by atoms with van der Waals surface area (Å²) in [7, 11) is -1.67. The quantitative estimate of drug-likeness (QED) is 0.279. The van der Waals surface area contributed by atoms with E-state index in [9.17, 15) is 0 Å². The molecule has 0 fully saturated rings. The van der Waals surface area contributed by atoms with Gasteiger partial charge in [0.15, 0.2) is 0 Å². The van der Waals surface area contributed by atoms with Crippen molar-refractivity contribution in [1.82, 2.24) is 0 Å². The van der Waals surface area contributed by atoms with Crippen LogP contribution in [0.3, 0.4) is 0 Å². The maximum atomic E-state index is 3.83. The fourth-order valence-corrected chi connectivity index (χ4v) is 8.74. The Kier molecular flexibility index (Phi) is 6.28. The number of anilines is 2. The highest BCUT2D eigenvalue weighted by atomic mass is 28.3. The summed E-state index contributed by atoms with van der Waals surface area (Å²) >= 11 is 0. The monoisotopic (exact) mass is 448 g/mol. The Morgan fingerprint density at radius 3 is 1.97 bits per heavy atom. The predicted octanol–water partition coefficient (Wildman–Crippen LogP) is 7.17. The molecule has 1 aliphatic rings. The first-order valence-corrected chi connectivity index (χ1v) is 15.3. The smallest absolute Gasteiger partial charge is 0.370 e. The standard InChI is InChI=1S/C29H33BN2Si/c1-33(2,25-17-7-4-8-18-25)26(19-9-14-23-12-5-3-6-13-23)22-30-31-27-20-10-15-24-16-11-21-28(32-30)29(24)27/h3-8,10-13,15-18,20-21,26,31-32H,9,14,19,22H2,1-2H3. The van der Waals surface area contributed by atoms with E-state index in [0.717, 1.165) is 12.7 Å². The van der Waals surface area contributed by atoms with Crippen LogP contribution in [0.2, 0.25) is 25.0 Å². The molecule has 0 bridgehead atoms. The summed E-state index contributed by atoms with van der Waals surface area (Å²) in [6, 6.07) is 35.4. The molecule has 0 spiro atoms. The van der Waals surface area contributed by atoms with Crippen LogP contribution in [-0.2, 0) is 6.42 Å². The van der Waals surface area contributed by atoms with Crippen LogP contribution in [0.4, 0.5) is 11.4 Å². The average Bonchev–Trinajstić information content (AvgIpc) is 2.85. The summed E-state index contributed by atoms with van der Waals surface area (Å²) in [6.45, 7) is 5.38. The molecule has 0 aliphatic carbocycles. The van der Waals surface area contributed by atoms with Gasteiger partial charge in [-0.25, -0.2) is 0 Å². The summed E-state index contributed by atoms with van der Waals surface area (Å²) in [5.74, 6) is 0. The molecule has 2 nitrogen and oxygen atoms in total. The highest BCUT2D eigenvalue weighted by Gasteiger charge is 2.37. The first-order chi connectivity index (χ1) is 16.1. The van der Waals surface area contributed by atoms with E-state index in [0.29, 0.717) is 5.54 Å². The van der Waals surface area contributed by atoms with Crippen molar-refractivity contribution in [1.29, 1.82) is 0 Å². The van der Waals surface area contributed by atoms with Gasteiger partial charge in [-0.1, -0.05) is 110 Å². The van der Waals surface area contributed by atoms with Gasteiger partial charge in [0, 0.05) is 16.8 Å². The third kappa shape index (κ3) is 4.72. The number of rotatable bonds is 8. The minimum atomic E-state index is -1.67. The van der Waals surface area contributed by atoms with E-state index in [1.165, 1.54) is 40.6 Å². The van der Waals surface area contributed by atoms with Gasteiger partial charge in [0.05, 0.1) is 8.07 Å². The van der Waals surface area contributed by atoms with Crippen molar-refractivity contribution in [2.45, 2.75) is 44.2 Å². The second-order valence-electron chi connectivity index (χ2n) is 9.95. The highest BCUT2D eigenvalue weighted by Crippen LogP contribution is 2.38. The van der Waals surface area contributed by atoms with E-state index in [2.05, 4.69) is 121 Å². The summed E-state index contributed by atoms with van der Waals surface area (Å²) in [5, 5.41) is 11.8. The lowest BCUT2D eigenvalue weighted by Crippen LogP contribution is -2.49. The molecule has 1 atom stereocenters. The lowest BCUT2D eigenvalue weighted by molar-refractivity contribution is 0.697. The first-order valence-electron chi connectivity index (χ1n) is 12.3. The molecular formula is C29H33BN2Si. The second-order valence-corrected chi connectivity index (χ2v) is 14.8. The maximum Gasteiger partial charge on any atom is 0.370 e. The van der Waals surface area contributed by atoms with Crippen LogP contribution in [0.25, 0.3) is 10.8 Å². The van der Waals surface area contributed by atoms with Gasteiger partial charge in [-0.05, 0) is 47.8 Å². The van der Waals surface area contributed by atoms with Crippen LogP contribution in [0, 0.1) is 0 Å². The van der Waals surface area contributed by atoms with Crippen molar-refractivity contribution >= 4 is 42.4 Å². The van der Waals surface area contributed by atoms with E-state index in [1.807, 2.05) is 0 Å². The van der Waals surface area contributed by atoms with Crippen LogP contribution >= 0.6 is 0 Å². The molecule has 0 aromatic heterocycles. The van der Waals surface area contributed by atoms with Crippen LogP contribution in [0.15, 0.2) is 97.1 Å². The minimum Gasteiger partial charge on any atom is -0.409 e. The number of hydrogen-bond acceptors (Lipinski definition) is 2. The Morgan fingerprint density at radius 1 is 0.727 bits per heavy atom. The molecule has 1 aliphatic heterocycles. The van der Waals surface area contributed by atoms with Gasteiger partial charge in [0.2, 0.25) is 0 Å². The summed E-state index contributed by atoms with van der Waals surface area (Å²) in [6.07, 6.45) is 4.78. The Morgan fingerprint density at radius 2 is 1.33 bits per heavy atom. The zero-order chi connectivity index (χ0) is 22.7. The van der Waals surface area contributed by atoms with Crippen LogP contribution < -0.4 is 15.6 Å². The number of hydrogen-bond donors (Lipinski definition) is 2. The van der Waals surface area contributed by atoms with E-state index >= 15 is 0 Å². The number of nitrogens with one attached hydrogen (secondary N) is 2. The van der Waals surface area contributed by atoms with Crippen molar-refractivity contribution in [3.05, 3.63) is 103 Å². The summed E-state index contributed by atoms with van der Waals surface area (Å²) < 4.78 is 0. The third-order valence-electron chi connectivity index (χ3n) is 7.48. The Labute approximate surface area is 199 Å². The third-order valence-corrected chi connectivity index (χ3v) is 11.9. The lowest BCUT2D eigenvalue weighted by Gasteiger charge is -2.36.